The predicted molar refractivity (Wildman–Crippen MR) is 238 cm³/mol. The van der Waals surface area contributed by atoms with Gasteiger partial charge in [0.2, 0.25) is 0 Å². The molecule has 0 aromatic rings. The van der Waals surface area contributed by atoms with E-state index < -0.39 is 32.5 Å². The van der Waals surface area contributed by atoms with Crippen molar-refractivity contribution in [3.8, 4) is 0 Å². The number of hydrogen-bond donors (Lipinski definition) is 2. The molecular formula is C47H80NO8P. The Bertz CT molecular complexity index is 1210. The zero-order chi connectivity index (χ0) is 41.8. The minimum Gasteiger partial charge on any atom is -0.462 e. The van der Waals surface area contributed by atoms with Crippen LogP contribution in [-0.4, -0.2) is 49.3 Å². The highest BCUT2D eigenvalue weighted by Gasteiger charge is 2.25. The van der Waals surface area contributed by atoms with Crippen molar-refractivity contribution in [3.05, 3.63) is 85.1 Å². The van der Waals surface area contributed by atoms with E-state index in [1.54, 1.807) is 0 Å². The largest absolute Gasteiger partial charge is 0.472 e. The van der Waals surface area contributed by atoms with Crippen LogP contribution in [0.5, 0.6) is 0 Å². The molecule has 0 bridgehead atoms. The lowest BCUT2D eigenvalue weighted by molar-refractivity contribution is -0.161. The number of rotatable bonds is 40. The summed E-state index contributed by atoms with van der Waals surface area (Å²) in [4.78, 5) is 34.9. The Hall–Kier alpha value is -2.81. The first-order chi connectivity index (χ1) is 27.8. The standard InChI is InChI=1S/C47H80NO8P/c1-3-5-7-9-11-13-15-17-19-21-22-24-25-27-29-31-33-35-37-39-46(49)53-43-45(44-55-57(51,52)54-42-41-48)56-47(50)40-38-36-34-32-30-28-26-23-20-18-16-14-12-10-8-6-4-2/h11-14,17-20,22,24,27,29,33,35,45H,3-10,15-16,21,23,25-26,28,30-32,34,36-44,48H2,1-2H3,(H,51,52)/b13-11+,14-12+,19-17+,20-18+,24-22+,29-27+,35-33+/t45-/m1/s1. The van der Waals surface area contributed by atoms with Gasteiger partial charge in [0.1, 0.15) is 6.61 Å². The second-order valence-electron chi connectivity index (χ2n) is 14.2. The molecule has 0 radical (unpaired) electrons. The SMILES string of the molecule is CCCCC/C=C/C/C=C/C/C=C/C/C=C/C/C=C/CCC(=O)OC[C@H](COP(=O)(O)OCCN)OC(=O)CCCCCCCCC/C=C/C/C=C/CCCCC. The summed E-state index contributed by atoms with van der Waals surface area (Å²) in [7, 11) is -4.40. The molecule has 57 heavy (non-hydrogen) atoms. The molecular weight excluding hydrogens is 737 g/mol. The molecule has 0 amide bonds. The summed E-state index contributed by atoms with van der Waals surface area (Å²) >= 11 is 0. The normalized spacial score (nSPS) is 14.1. The van der Waals surface area contributed by atoms with Gasteiger partial charge < -0.3 is 20.1 Å². The van der Waals surface area contributed by atoms with Gasteiger partial charge in [0.05, 0.1) is 13.2 Å². The fraction of sp³-hybridized carbons (Fsp3) is 0.660. The second kappa shape index (κ2) is 42.8. The number of carbonyl (C=O) groups excluding carboxylic acids is 2. The third kappa shape index (κ3) is 42.6. The van der Waals surface area contributed by atoms with Gasteiger partial charge in [-0.25, -0.2) is 4.57 Å². The van der Waals surface area contributed by atoms with Crippen molar-refractivity contribution >= 4 is 19.8 Å². The minimum atomic E-state index is -4.40. The van der Waals surface area contributed by atoms with Crippen LogP contribution < -0.4 is 5.73 Å². The Morgan fingerprint density at radius 1 is 0.526 bits per heavy atom. The summed E-state index contributed by atoms with van der Waals surface area (Å²) in [5.41, 5.74) is 5.34. The van der Waals surface area contributed by atoms with Gasteiger partial charge in [-0.1, -0.05) is 157 Å². The Morgan fingerprint density at radius 3 is 1.42 bits per heavy atom. The zero-order valence-corrected chi connectivity index (χ0v) is 36.7. The number of carbonyl (C=O) groups is 2. The molecule has 3 N–H and O–H groups in total. The van der Waals surface area contributed by atoms with Crippen molar-refractivity contribution < 1.29 is 37.6 Å². The van der Waals surface area contributed by atoms with E-state index in [2.05, 4.69) is 86.8 Å². The highest BCUT2D eigenvalue weighted by Crippen LogP contribution is 2.43. The predicted octanol–water partition coefficient (Wildman–Crippen LogP) is 12.8. The molecule has 9 nitrogen and oxygen atoms in total. The van der Waals surface area contributed by atoms with Gasteiger partial charge in [-0.05, 0) is 83.5 Å². The molecule has 0 saturated carbocycles. The van der Waals surface area contributed by atoms with Crippen LogP contribution in [-0.2, 0) is 32.7 Å². The first-order valence-electron chi connectivity index (χ1n) is 22.1. The highest BCUT2D eigenvalue weighted by atomic mass is 31.2. The molecule has 0 spiro atoms. The summed E-state index contributed by atoms with van der Waals surface area (Å²) in [6.07, 6.45) is 53.4. The maximum Gasteiger partial charge on any atom is 0.472 e. The van der Waals surface area contributed by atoms with Crippen molar-refractivity contribution in [1.29, 1.82) is 0 Å². The lowest BCUT2D eigenvalue weighted by Crippen LogP contribution is -2.29. The van der Waals surface area contributed by atoms with Crippen molar-refractivity contribution in [2.75, 3.05) is 26.4 Å². The van der Waals surface area contributed by atoms with E-state index in [0.29, 0.717) is 12.8 Å². The molecule has 0 saturated heterocycles. The smallest absolute Gasteiger partial charge is 0.462 e. The molecule has 0 aliphatic rings. The average molecular weight is 818 g/mol. The summed E-state index contributed by atoms with van der Waals surface area (Å²) < 4.78 is 32.7. The summed E-state index contributed by atoms with van der Waals surface area (Å²) in [5.74, 6) is -0.941. The molecule has 0 rings (SSSR count). The van der Waals surface area contributed by atoms with Crippen LogP contribution in [0.15, 0.2) is 85.1 Å². The maximum absolute atomic E-state index is 12.6. The zero-order valence-electron chi connectivity index (χ0n) is 35.8. The van der Waals surface area contributed by atoms with Crippen LogP contribution in [0.25, 0.3) is 0 Å². The van der Waals surface area contributed by atoms with Crippen LogP contribution in [0.3, 0.4) is 0 Å². The van der Waals surface area contributed by atoms with Crippen LogP contribution >= 0.6 is 7.82 Å². The Morgan fingerprint density at radius 2 is 0.947 bits per heavy atom. The molecule has 0 heterocycles. The Kier molecular flexibility index (Phi) is 40.7. The summed E-state index contributed by atoms with van der Waals surface area (Å²) in [6, 6.07) is 0. The van der Waals surface area contributed by atoms with Crippen molar-refractivity contribution in [1.82, 2.24) is 0 Å². The molecule has 326 valence electrons. The van der Waals surface area contributed by atoms with Gasteiger partial charge in [-0.3, -0.25) is 18.6 Å². The fourth-order valence-electron chi connectivity index (χ4n) is 5.47. The van der Waals surface area contributed by atoms with Crippen molar-refractivity contribution in [2.24, 2.45) is 5.73 Å². The quantitative estimate of drug-likeness (QED) is 0.0268. The van der Waals surface area contributed by atoms with Gasteiger partial charge in [-0.2, -0.15) is 0 Å². The van der Waals surface area contributed by atoms with E-state index in [9.17, 15) is 19.0 Å². The van der Waals surface area contributed by atoms with E-state index in [1.807, 2.05) is 12.2 Å². The number of hydrogen-bond acceptors (Lipinski definition) is 8. The average Bonchev–Trinajstić information content (AvgIpc) is 3.20. The number of nitrogens with two attached hydrogens (primary N) is 1. The van der Waals surface area contributed by atoms with Gasteiger partial charge in [0.25, 0.3) is 0 Å². The van der Waals surface area contributed by atoms with Crippen LogP contribution in [0.2, 0.25) is 0 Å². The molecule has 2 atom stereocenters. The van der Waals surface area contributed by atoms with Gasteiger partial charge in [0.15, 0.2) is 6.10 Å². The first-order valence-corrected chi connectivity index (χ1v) is 23.6. The van der Waals surface area contributed by atoms with E-state index in [1.165, 1.54) is 70.6 Å². The minimum absolute atomic E-state index is 0.0383. The third-order valence-corrected chi connectivity index (χ3v) is 9.75. The number of ether oxygens (including phenoxy) is 2. The number of allylic oxidation sites excluding steroid dienone is 14. The number of unbranched alkanes of at least 4 members (excludes halogenated alkanes) is 13. The Balaban J connectivity index is 4.30. The summed E-state index contributed by atoms with van der Waals surface area (Å²) in [5, 5.41) is 0. The Labute approximate surface area is 347 Å². The number of phosphoric ester groups is 1. The van der Waals surface area contributed by atoms with E-state index in [0.717, 1.165) is 57.8 Å². The molecule has 0 aromatic carbocycles. The lowest BCUT2D eigenvalue weighted by atomic mass is 10.1. The topological polar surface area (TPSA) is 134 Å². The summed E-state index contributed by atoms with van der Waals surface area (Å²) in [6.45, 7) is 3.57. The number of esters is 2. The van der Waals surface area contributed by atoms with Gasteiger partial charge in [-0.15, -0.1) is 0 Å². The maximum atomic E-state index is 12.6. The third-order valence-electron chi connectivity index (χ3n) is 8.77. The molecule has 10 heteroatoms. The van der Waals surface area contributed by atoms with Crippen LogP contribution in [0, 0.1) is 0 Å². The second-order valence-corrected chi connectivity index (χ2v) is 15.7. The van der Waals surface area contributed by atoms with Crippen molar-refractivity contribution in [3.63, 3.8) is 0 Å². The monoisotopic (exact) mass is 818 g/mol. The lowest BCUT2D eigenvalue weighted by Gasteiger charge is -2.19. The van der Waals surface area contributed by atoms with E-state index >= 15 is 0 Å². The first kappa shape index (κ1) is 54.2. The van der Waals surface area contributed by atoms with E-state index in [4.69, 9.17) is 24.3 Å². The van der Waals surface area contributed by atoms with Crippen LogP contribution in [0.1, 0.15) is 168 Å². The molecule has 0 aliphatic carbocycles. The highest BCUT2D eigenvalue weighted by molar-refractivity contribution is 7.47. The molecule has 0 aromatic heterocycles. The molecule has 1 unspecified atom stereocenters. The fourth-order valence-corrected chi connectivity index (χ4v) is 6.23. The van der Waals surface area contributed by atoms with Crippen LogP contribution in [0.4, 0.5) is 0 Å². The van der Waals surface area contributed by atoms with Gasteiger partial charge >= 0.3 is 19.8 Å². The van der Waals surface area contributed by atoms with Crippen molar-refractivity contribution in [2.45, 2.75) is 174 Å². The molecule has 0 aliphatic heterocycles. The van der Waals surface area contributed by atoms with E-state index in [-0.39, 0.29) is 32.6 Å². The number of phosphoric acid groups is 1. The van der Waals surface area contributed by atoms with Gasteiger partial charge in [0, 0.05) is 19.4 Å². The molecule has 0 fully saturated rings.